The quantitative estimate of drug-likeness (QED) is 0.187. The molecule has 1 atom stereocenters. The molecule has 3 rings (SSSR count). The first-order valence-electron chi connectivity index (χ1n) is 13.1. The van der Waals surface area contributed by atoms with Crippen LogP contribution < -0.4 is 0 Å². The average Bonchev–Trinajstić information content (AvgIpc) is 3.40. The van der Waals surface area contributed by atoms with Crippen molar-refractivity contribution >= 4 is 43.1 Å². The van der Waals surface area contributed by atoms with Crippen LogP contribution in [0.4, 0.5) is 5.88 Å². The van der Waals surface area contributed by atoms with Crippen molar-refractivity contribution in [3.05, 3.63) is 92.9 Å². The molecule has 0 aliphatic carbocycles. The van der Waals surface area contributed by atoms with E-state index >= 15 is 0 Å². The number of aliphatic hydroxyl groups is 1. The van der Waals surface area contributed by atoms with Crippen LogP contribution >= 0.6 is 0 Å². The summed E-state index contributed by atoms with van der Waals surface area (Å²) < 4.78 is 62.2. The van der Waals surface area contributed by atoms with Crippen LogP contribution in [0.15, 0.2) is 70.3 Å². The van der Waals surface area contributed by atoms with Gasteiger partial charge < -0.3 is 23.9 Å². The lowest BCUT2D eigenvalue weighted by Gasteiger charge is -2.28. The van der Waals surface area contributed by atoms with Crippen LogP contribution in [0.5, 0.6) is 0 Å². The summed E-state index contributed by atoms with van der Waals surface area (Å²) in [5.41, 5.74) is 0.975. The Hall–Kier alpha value is -4.28. The molecule has 238 valence electrons. The summed E-state index contributed by atoms with van der Waals surface area (Å²) in [6, 6.07) is 8.72. The zero-order valence-corrected chi connectivity index (χ0v) is 25.8. The molecule has 1 aliphatic heterocycles. The van der Waals surface area contributed by atoms with E-state index in [1.54, 1.807) is 42.2 Å². The van der Waals surface area contributed by atoms with E-state index in [0.717, 1.165) is 12.5 Å². The molecule has 0 radical (unpaired) electrons. The molecule has 2 aromatic rings. The highest BCUT2D eigenvalue weighted by Gasteiger charge is 2.29. The van der Waals surface area contributed by atoms with Gasteiger partial charge in [0.2, 0.25) is 0 Å². The summed E-state index contributed by atoms with van der Waals surface area (Å²) in [7, 11) is -6.99. The van der Waals surface area contributed by atoms with Gasteiger partial charge in [0.25, 0.3) is 0 Å². The number of hydrogen-bond donors (Lipinski definition) is 1. The highest BCUT2D eigenvalue weighted by atomic mass is 32.2. The fourth-order valence-electron chi connectivity index (χ4n) is 3.95. The van der Waals surface area contributed by atoms with Gasteiger partial charge >= 0.3 is 17.8 Å². The maximum Gasteiger partial charge on any atom is 0.433 e. The summed E-state index contributed by atoms with van der Waals surface area (Å²) in [4.78, 5) is 38.8. The number of hydrogen-bond acceptors (Lipinski definition) is 13. The first-order valence-corrected chi connectivity index (χ1v) is 17.2. The van der Waals surface area contributed by atoms with E-state index in [9.17, 15) is 41.6 Å². The number of carbonyl (C=O) groups excluding carboxylic acids is 2. The fourth-order valence-corrected chi connectivity index (χ4v) is 4.72. The molecular weight excluding hydrogens is 620 g/mol. The molecule has 1 N–H and O–H groups in total. The van der Waals surface area contributed by atoms with Crippen LogP contribution in [0, 0.1) is 10.1 Å². The number of nitro groups is 1. The summed E-state index contributed by atoms with van der Waals surface area (Å²) in [6.07, 6.45) is 6.32. The number of nitrogens with zero attached hydrogens (tertiary/aromatic N) is 2. The SMILES string of the molecule is CC1C=C(c2ccc(CO)cc2)C=C(C(=O)OCCS(C)(=O)=O)C(C(=O)OCCS(C)(=O)=O)=CN1Cc1ccc([N+](=O)[O-])o1. The Morgan fingerprint density at radius 3 is 2.02 bits per heavy atom. The fraction of sp³-hybridized carbons (Fsp3) is 0.357. The van der Waals surface area contributed by atoms with Gasteiger partial charge in [-0.2, -0.15) is 0 Å². The average molecular weight is 653 g/mol. The van der Waals surface area contributed by atoms with Gasteiger partial charge in [0, 0.05) is 24.8 Å². The van der Waals surface area contributed by atoms with Crippen molar-refractivity contribution in [2.75, 3.05) is 37.2 Å². The third-order valence-corrected chi connectivity index (χ3v) is 8.10. The summed E-state index contributed by atoms with van der Waals surface area (Å²) in [6.45, 7) is 0.422. The predicted molar refractivity (Wildman–Crippen MR) is 158 cm³/mol. The van der Waals surface area contributed by atoms with Crippen molar-refractivity contribution in [1.82, 2.24) is 4.90 Å². The molecule has 1 unspecified atom stereocenters. The Balaban J connectivity index is 2.15. The van der Waals surface area contributed by atoms with Gasteiger partial charge in [-0.15, -0.1) is 0 Å². The van der Waals surface area contributed by atoms with E-state index in [-0.39, 0.29) is 30.1 Å². The number of esters is 2. The van der Waals surface area contributed by atoms with Crippen molar-refractivity contribution in [3.63, 3.8) is 0 Å². The minimum atomic E-state index is -3.50. The van der Waals surface area contributed by atoms with E-state index in [2.05, 4.69) is 0 Å². The van der Waals surface area contributed by atoms with Crippen molar-refractivity contribution in [1.29, 1.82) is 0 Å². The molecule has 14 nitrogen and oxygen atoms in total. The van der Waals surface area contributed by atoms with Crippen molar-refractivity contribution in [3.8, 4) is 0 Å². The number of rotatable bonds is 13. The smallest absolute Gasteiger partial charge is 0.433 e. The number of aliphatic hydroxyl groups excluding tert-OH is 1. The van der Waals surface area contributed by atoms with Gasteiger partial charge in [-0.25, -0.2) is 26.4 Å². The normalized spacial score (nSPS) is 15.8. The summed E-state index contributed by atoms with van der Waals surface area (Å²) in [5, 5.41) is 20.6. The number of carbonyl (C=O) groups is 2. The van der Waals surface area contributed by atoms with Gasteiger partial charge in [-0.3, -0.25) is 10.1 Å². The third-order valence-electron chi connectivity index (χ3n) is 6.28. The minimum absolute atomic E-state index is 0.0985. The lowest BCUT2D eigenvalue weighted by Crippen LogP contribution is -2.30. The van der Waals surface area contributed by atoms with E-state index < -0.39 is 73.2 Å². The molecule has 16 heteroatoms. The molecule has 1 aromatic heterocycles. The van der Waals surface area contributed by atoms with Crippen LogP contribution in [0.25, 0.3) is 5.57 Å². The van der Waals surface area contributed by atoms with Crippen LogP contribution in [0.1, 0.15) is 23.8 Å². The molecule has 2 heterocycles. The lowest BCUT2D eigenvalue weighted by molar-refractivity contribution is -0.402. The Kier molecular flexibility index (Phi) is 11.2. The number of ether oxygens (including phenoxy) is 2. The molecule has 0 fully saturated rings. The number of allylic oxidation sites excluding steroid dienone is 2. The Morgan fingerprint density at radius 1 is 0.955 bits per heavy atom. The van der Waals surface area contributed by atoms with E-state index in [0.29, 0.717) is 16.7 Å². The van der Waals surface area contributed by atoms with Gasteiger partial charge in [-0.05, 0) is 35.8 Å². The molecule has 0 bridgehead atoms. The minimum Gasteiger partial charge on any atom is -0.461 e. The first-order chi connectivity index (χ1) is 20.6. The molecule has 0 saturated carbocycles. The second kappa shape index (κ2) is 14.5. The van der Waals surface area contributed by atoms with Crippen LogP contribution in [-0.4, -0.2) is 87.0 Å². The van der Waals surface area contributed by atoms with E-state index in [4.69, 9.17) is 13.9 Å². The zero-order valence-electron chi connectivity index (χ0n) is 24.2. The molecule has 0 spiro atoms. The second-order valence-corrected chi connectivity index (χ2v) is 14.5. The molecule has 0 saturated heterocycles. The number of sulfone groups is 2. The maximum absolute atomic E-state index is 13.4. The topological polar surface area (TPSA) is 201 Å². The van der Waals surface area contributed by atoms with E-state index in [1.807, 2.05) is 0 Å². The Labute approximate surface area is 254 Å². The standard InChI is InChI=1S/C28H32N2O12S2/c1-19-14-22(21-6-4-20(18-31)5-7-21)15-24(27(32)40-10-12-43(2,36)37)25(28(33)41-11-13-44(3,38)39)17-29(19)16-23-8-9-26(42-23)30(34)35/h4-9,14-15,17,19,31H,10-13,16,18H2,1-3H3. The second-order valence-electron chi connectivity index (χ2n) is 10.0. The largest absolute Gasteiger partial charge is 0.461 e. The third kappa shape index (κ3) is 10.2. The lowest BCUT2D eigenvalue weighted by atomic mass is 9.95. The first kappa shape index (κ1) is 34.2. The van der Waals surface area contributed by atoms with E-state index in [1.165, 1.54) is 24.4 Å². The number of furan rings is 1. The van der Waals surface area contributed by atoms with Crippen molar-refractivity contribution < 1.29 is 50.3 Å². The summed E-state index contributed by atoms with van der Waals surface area (Å²) >= 11 is 0. The van der Waals surface area contributed by atoms with Crippen LogP contribution in [-0.2, 0) is 51.9 Å². The summed E-state index contributed by atoms with van der Waals surface area (Å²) in [5.74, 6) is -3.42. The van der Waals surface area contributed by atoms with Gasteiger partial charge in [0.1, 0.15) is 23.9 Å². The Bertz CT molecular complexity index is 1700. The van der Waals surface area contributed by atoms with Gasteiger partial charge in [0.15, 0.2) is 19.7 Å². The zero-order chi connectivity index (χ0) is 32.7. The predicted octanol–water partition coefficient (Wildman–Crippen LogP) is 1.95. The highest BCUT2D eigenvalue weighted by molar-refractivity contribution is 7.90. The monoisotopic (exact) mass is 652 g/mol. The van der Waals surface area contributed by atoms with Crippen LogP contribution in [0.2, 0.25) is 0 Å². The van der Waals surface area contributed by atoms with Crippen molar-refractivity contribution in [2.45, 2.75) is 26.1 Å². The molecular formula is C28H32N2O12S2. The van der Waals surface area contributed by atoms with Gasteiger partial charge in [-0.1, -0.05) is 30.3 Å². The number of benzene rings is 1. The Morgan fingerprint density at radius 2 is 1.52 bits per heavy atom. The van der Waals surface area contributed by atoms with Crippen molar-refractivity contribution in [2.24, 2.45) is 0 Å². The maximum atomic E-state index is 13.4. The highest BCUT2D eigenvalue weighted by Crippen LogP contribution is 2.29. The molecule has 44 heavy (non-hydrogen) atoms. The molecule has 0 amide bonds. The molecule has 1 aromatic carbocycles. The van der Waals surface area contributed by atoms with Crippen LogP contribution in [0.3, 0.4) is 0 Å². The van der Waals surface area contributed by atoms with Gasteiger partial charge in [0.05, 0.1) is 41.9 Å². The molecule has 1 aliphatic rings.